The van der Waals surface area contributed by atoms with Gasteiger partial charge in [-0.05, 0) is 64.3 Å². The molecule has 0 aliphatic heterocycles. The molecule has 0 aromatic heterocycles. The zero-order chi connectivity index (χ0) is 36.8. The first kappa shape index (κ1) is 41.0. The molecule has 0 aliphatic rings. The van der Waals surface area contributed by atoms with Gasteiger partial charge < -0.3 is 9.47 Å². The summed E-state index contributed by atoms with van der Waals surface area (Å²) < 4.78 is 9.51. The summed E-state index contributed by atoms with van der Waals surface area (Å²) in [7, 11) is 2.79. The minimum Gasteiger partial charge on any atom is -0.466 e. The Morgan fingerprint density at radius 2 is 0.840 bits per heavy atom. The van der Waals surface area contributed by atoms with Gasteiger partial charge in [-0.2, -0.15) is 0 Å². The van der Waals surface area contributed by atoms with Crippen LogP contribution in [0.2, 0.25) is 0 Å². The van der Waals surface area contributed by atoms with Crippen molar-refractivity contribution in [3.63, 3.8) is 0 Å². The molecule has 0 heterocycles. The van der Waals surface area contributed by atoms with E-state index in [1.807, 2.05) is 61.6 Å². The Balaban J connectivity index is 0.000000353. The standard InChI is InChI=1S/C24H23O2P.C21H28O2/c1-20(24(25)26-2)18-19-27(21-12-6-3-7-13-21,22-14-8-4-9-15-22)23-16-10-5-11-17-23;1-17(2)11-9-14-18(3)12-7-8-13-19(4)15-10-16-20(5)21(22)23-6/h3-19H,1-2H3;7-16H,1-6H3/b20-18+;8-7+,14-9+,15-10+,18-12+,19-13+,20-16+. The smallest absolute Gasteiger partial charge is 0.333 e. The van der Waals surface area contributed by atoms with Crippen LogP contribution in [0.3, 0.4) is 0 Å². The number of methoxy groups -OCH3 is 2. The number of hydrogen-bond donors (Lipinski definition) is 0. The Hall–Kier alpha value is -5.18. The highest BCUT2D eigenvalue weighted by molar-refractivity contribution is 7.94. The predicted molar refractivity (Wildman–Crippen MR) is 217 cm³/mol. The van der Waals surface area contributed by atoms with Crippen molar-refractivity contribution in [3.8, 4) is 0 Å². The van der Waals surface area contributed by atoms with Gasteiger partial charge >= 0.3 is 11.9 Å². The normalized spacial score (nSPS) is 12.8. The highest BCUT2D eigenvalue weighted by Crippen LogP contribution is 2.43. The van der Waals surface area contributed by atoms with Crippen molar-refractivity contribution in [2.24, 2.45) is 0 Å². The molecule has 0 spiro atoms. The van der Waals surface area contributed by atoms with Gasteiger partial charge in [0.25, 0.3) is 0 Å². The molecular weight excluding hydrogens is 635 g/mol. The molecule has 0 N–H and O–H groups in total. The SMILES string of the molecule is COC(=O)/C(C)=C/C=C/C(C)=C/C=C/C=C(C)/C=C/C=C(C)C.COC(=O)/C(C)=C/C=P(c1ccccc1)(c1ccccc1)c1ccccc1. The molecule has 5 heteroatoms. The number of esters is 2. The topological polar surface area (TPSA) is 52.6 Å². The third-order valence-electron chi connectivity index (χ3n) is 7.38. The van der Waals surface area contributed by atoms with E-state index in [0.29, 0.717) is 11.1 Å². The molecule has 0 saturated heterocycles. The van der Waals surface area contributed by atoms with Gasteiger partial charge in [-0.1, -0.05) is 180 Å². The number of rotatable bonds is 12. The van der Waals surface area contributed by atoms with Gasteiger partial charge in [0.2, 0.25) is 0 Å². The van der Waals surface area contributed by atoms with Crippen LogP contribution in [0.5, 0.6) is 0 Å². The maximum Gasteiger partial charge on any atom is 0.333 e. The monoisotopic (exact) mass is 686 g/mol. The van der Waals surface area contributed by atoms with Crippen molar-refractivity contribution in [1.82, 2.24) is 0 Å². The lowest BCUT2D eigenvalue weighted by Gasteiger charge is -2.28. The summed E-state index contributed by atoms with van der Waals surface area (Å²) in [5.41, 5.74) is 4.74. The van der Waals surface area contributed by atoms with E-state index in [9.17, 15) is 9.59 Å². The molecule has 4 nitrogen and oxygen atoms in total. The van der Waals surface area contributed by atoms with Crippen LogP contribution < -0.4 is 15.9 Å². The lowest BCUT2D eigenvalue weighted by Crippen LogP contribution is -2.26. The molecule has 0 unspecified atom stereocenters. The van der Waals surface area contributed by atoms with Crippen LogP contribution in [0, 0.1) is 0 Å². The molecule has 260 valence electrons. The Bertz CT molecular complexity index is 1720. The largest absolute Gasteiger partial charge is 0.466 e. The van der Waals surface area contributed by atoms with Gasteiger partial charge in [0.1, 0.15) is 0 Å². The number of benzene rings is 3. The molecule has 0 amide bonds. The van der Waals surface area contributed by atoms with Crippen molar-refractivity contribution < 1.29 is 19.1 Å². The van der Waals surface area contributed by atoms with Gasteiger partial charge in [0.05, 0.1) is 14.2 Å². The fourth-order valence-electron chi connectivity index (χ4n) is 4.64. The van der Waals surface area contributed by atoms with Gasteiger partial charge in [0.15, 0.2) is 0 Å². The molecule has 0 saturated carbocycles. The maximum absolute atomic E-state index is 11.9. The molecule has 0 aliphatic carbocycles. The summed E-state index contributed by atoms with van der Waals surface area (Å²) in [6, 6.07) is 31.5. The first-order valence-corrected chi connectivity index (χ1v) is 18.3. The van der Waals surface area contributed by atoms with Crippen LogP contribution >= 0.6 is 6.89 Å². The van der Waals surface area contributed by atoms with Gasteiger partial charge in [-0.3, -0.25) is 0 Å². The minimum absolute atomic E-state index is 0.307. The van der Waals surface area contributed by atoms with Crippen molar-refractivity contribution in [3.05, 3.63) is 186 Å². The molecule has 0 fully saturated rings. The summed E-state index contributed by atoms with van der Waals surface area (Å²) in [5.74, 6) is 1.59. The summed E-state index contributed by atoms with van der Waals surface area (Å²) in [6.45, 7) is 9.68. The van der Waals surface area contributed by atoms with Gasteiger partial charge in [-0.25, -0.2) is 9.59 Å². The Labute approximate surface area is 300 Å². The second kappa shape index (κ2) is 22.5. The van der Waals surface area contributed by atoms with Crippen molar-refractivity contribution in [2.45, 2.75) is 41.5 Å². The van der Waals surface area contributed by atoms with E-state index in [-0.39, 0.29) is 11.9 Å². The van der Waals surface area contributed by atoms with Crippen LogP contribution in [-0.4, -0.2) is 32.0 Å². The van der Waals surface area contributed by atoms with Crippen molar-refractivity contribution >= 4 is 40.5 Å². The molecule has 0 radical (unpaired) electrons. The third kappa shape index (κ3) is 13.7. The second-order valence-electron chi connectivity index (χ2n) is 11.7. The lowest BCUT2D eigenvalue weighted by atomic mass is 10.2. The van der Waals surface area contributed by atoms with Gasteiger partial charge in [0, 0.05) is 11.1 Å². The van der Waals surface area contributed by atoms with Crippen LogP contribution in [0.4, 0.5) is 0 Å². The Kier molecular flexibility index (Phi) is 18.4. The highest BCUT2D eigenvalue weighted by atomic mass is 31.2. The fourth-order valence-corrected chi connectivity index (χ4v) is 8.42. The molecule has 50 heavy (non-hydrogen) atoms. The minimum atomic E-state index is -2.07. The van der Waals surface area contributed by atoms with E-state index in [1.54, 1.807) is 19.9 Å². The van der Waals surface area contributed by atoms with E-state index in [0.717, 1.165) is 5.57 Å². The zero-order valence-electron chi connectivity index (χ0n) is 30.7. The van der Waals surface area contributed by atoms with Crippen LogP contribution in [0.15, 0.2) is 186 Å². The number of allylic oxidation sites excluding steroid dienone is 14. The van der Waals surface area contributed by atoms with E-state index in [2.05, 4.69) is 128 Å². The van der Waals surface area contributed by atoms with E-state index in [1.165, 1.54) is 41.3 Å². The highest BCUT2D eigenvalue weighted by Gasteiger charge is 2.24. The summed E-state index contributed by atoms with van der Waals surface area (Å²) in [4.78, 5) is 23.1. The summed E-state index contributed by atoms with van der Waals surface area (Å²) in [5, 5.41) is 3.74. The predicted octanol–water partition coefficient (Wildman–Crippen LogP) is 9.54. The van der Waals surface area contributed by atoms with Crippen LogP contribution in [0.1, 0.15) is 41.5 Å². The maximum atomic E-state index is 11.9. The number of hydrogen-bond acceptors (Lipinski definition) is 4. The quantitative estimate of drug-likeness (QED) is 0.0825. The first-order chi connectivity index (χ1) is 24.0. The molecule has 0 atom stereocenters. The Morgan fingerprint density at radius 1 is 0.480 bits per heavy atom. The van der Waals surface area contributed by atoms with E-state index in [4.69, 9.17) is 4.74 Å². The van der Waals surface area contributed by atoms with E-state index >= 15 is 0 Å². The fraction of sp³-hybridized carbons (Fsp3) is 0.178. The average Bonchev–Trinajstić information content (AvgIpc) is 3.14. The number of carbonyl (C=O) groups is 2. The first-order valence-electron chi connectivity index (χ1n) is 16.5. The summed E-state index contributed by atoms with van der Waals surface area (Å²) in [6.07, 6.45) is 21.7. The molecule has 0 bridgehead atoms. The Morgan fingerprint density at radius 3 is 1.20 bits per heavy atom. The number of ether oxygens (including phenoxy) is 2. The van der Waals surface area contributed by atoms with Crippen LogP contribution in [0.25, 0.3) is 0 Å². The zero-order valence-corrected chi connectivity index (χ0v) is 31.6. The molecule has 3 aromatic carbocycles. The van der Waals surface area contributed by atoms with Gasteiger partial charge in [-0.15, -0.1) is 0 Å². The average molecular weight is 687 g/mol. The molecule has 3 rings (SSSR count). The second-order valence-corrected chi connectivity index (χ2v) is 15.0. The third-order valence-corrected chi connectivity index (χ3v) is 11.3. The summed E-state index contributed by atoms with van der Waals surface area (Å²) >= 11 is 0. The molecule has 3 aromatic rings. The molecular formula is C45H51O4P. The van der Waals surface area contributed by atoms with Crippen molar-refractivity contribution in [1.29, 1.82) is 0 Å². The van der Waals surface area contributed by atoms with Crippen molar-refractivity contribution in [2.75, 3.05) is 14.2 Å². The number of carbonyl (C=O) groups excluding carboxylic acids is 2. The van der Waals surface area contributed by atoms with Crippen LogP contribution in [-0.2, 0) is 19.1 Å². The van der Waals surface area contributed by atoms with E-state index < -0.39 is 6.89 Å². The lowest BCUT2D eigenvalue weighted by molar-refractivity contribution is -0.136.